The SMILES string of the molecule is CCC(O)c1ccn(CCC(N)=O)c1. The molecule has 0 saturated heterocycles. The van der Waals surface area contributed by atoms with Gasteiger partial charge in [0.05, 0.1) is 6.10 Å². The number of aliphatic hydroxyl groups is 1. The molecular formula is C10H16N2O2. The number of aromatic nitrogens is 1. The second-order valence-corrected chi connectivity index (χ2v) is 3.32. The number of aryl methyl sites for hydroxylation is 1. The molecule has 0 aliphatic rings. The Morgan fingerprint density at radius 2 is 2.43 bits per heavy atom. The van der Waals surface area contributed by atoms with Crippen LogP contribution in [0.15, 0.2) is 18.5 Å². The lowest BCUT2D eigenvalue weighted by Crippen LogP contribution is -2.13. The van der Waals surface area contributed by atoms with Crippen molar-refractivity contribution in [2.45, 2.75) is 32.4 Å². The zero-order valence-electron chi connectivity index (χ0n) is 8.31. The summed E-state index contributed by atoms with van der Waals surface area (Å²) in [4.78, 5) is 10.5. The van der Waals surface area contributed by atoms with Gasteiger partial charge in [-0.15, -0.1) is 0 Å². The normalized spacial score (nSPS) is 12.7. The van der Waals surface area contributed by atoms with Gasteiger partial charge in [0.15, 0.2) is 0 Å². The average molecular weight is 196 g/mol. The van der Waals surface area contributed by atoms with Crippen LogP contribution in [0.1, 0.15) is 31.4 Å². The van der Waals surface area contributed by atoms with Crippen LogP contribution in [0.25, 0.3) is 0 Å². The molecule has 1 heterocycles. The Morgan fingerprint density at radius 3 is 3.00 bits per heavy atom. The van der Waals surface area contributed by atoms with Gasteiger partial charge in [0, 0.05) is 25.4 Å². The highest BCUT2D eigenvalue weighted by Gasteiger charge is 2.06. The average Bonchev–Trinajstić information content (AvgIpc) is 2.62. The summed E-state index contributed by atoms with van der Waals surface area (Å²) < 4.78 is 1.86. The van der Waals surface area contributed by atoms with Crippen LogP contribution in [0.2, 0.25) is 0 Å². The van der Waals surface area contributed by atoms with E-state index < -0.39 is 6.10 Å². The molecule has 3 N–H and O–H groups in total. The molecule has 0 saturated carbocycles. The molecule has 4 heteroatoms. The minimum Gasteiger partial charge on any atom is -0.388 e. The molecule has 0 radical (unpaired) electrons. The molecule has 78 valence electrons. The van der Waals surface area contributed by atoms with E-state index in [0.717, 1.165) is 5.56 Å². The first-order valence-corrected chi connectivity index (χ1v) is 4.75. The minimum atomic E-state index is -0.412. The van der Waals surface area contributed by atoms with E-state index in [1.807, 2.05) is 30.0 Å². The number of amides is 1. The van der Waals surface area contributed by atoms with Crippen molar-refractivity contribution < 1.29 is 9.90 Å². The number of hydrogen-bond donors (Lipinski definition) is 2. The van der Waals surface area contributed by atoms with Crippen LogP contribution < -0.4 is 5.73 Å². The Balaban J connectivity index is 2.54. The highest BCUT2D eigenvalue weighted by atomic mass is 16.3. The summed E-state index contributed by atoms with van der Waals surface area (Å²) in [7, 11) is 0. The van der Waals surface area contributed by atoms with E-state index in [2.05, 4.69) is 0 Å². The van der Waals surface area contributed by atoms with E-state index in [-0.39, 0.29) is 5.91 Å². The van der Waals surface area contributed by atoms with Crippen molar-refractivity contribution in [1.82, 2.24) is 4.57 Å². The molecule has 1 amide bonds. The largest absolute Gasteiger partial charge is 0.388 e. The molecule has 1 aromatic rings. The van der Waals surface area contributed by atoms with Crippen LogP contribution in [0.4, 0.5) is 0 Å². The molecule has 0 aliphatic carbocycles. The zero-order valence-corrected chi connectivity index (χ0v) is 8.31. The maximum absolute atomic E-state index is 10.5. The van der Waals surface area contributed by atoms with Gasteiger partial charge >= 0.3 is 0 Å². The molecule has 0 aromatic carbocycles. The minimum absolute atomic E-state index is 0.309. The van der Waals surface area contributed by atoms with Gasteiger partial charge in [-0.3, -0.25) is 4.79 Å². The van der Waals surface area contributed by atoms with Gasteiger partial charge in [-0.05, 0) is 18.1 Å². The van der Waals surface area contributed by atoms with Gasteiger partial charge in [-0.1, -0.05) is 6.92 Å². The first-order valence-electron chi connectivity index (χ1n) is 4.75. The van der Waals surface area contributed by atoms with E-state index >= 15 is 0 Å². The number of rotatable bonds is 5. The van der Waals surface area contributed by atoms with E-state index in [1.165, 1.54) is 0 Å². The topological polar surface area (TPSA) is 68.2 Å². The van der Waals surface area contributed by atoms with Gasteiger partial charge < -0.3 is 15.4 Å². The molecule has 4 nitrogen and oxygen atoms in total. The van der Waals surface area contributed by atoms with Crippen molar-refractivity contribution in [2.75, 3.05) is 0 Å². The van der Waals surface area contributed by atoms with Crippen LogP contribution in [0.3, 0.4) is 0 Å². The molecule has 1 aromatic heterocycles. The molecule has 1 atom stereocenters. The zero-order chi connectivity index (χ0) is 10.6. The number of hydrogen-bond acceptors (Lipinski definition) is 2. The Hall–Kier alpha value is -1.29. The van der Waals surface area contributed by atoms with Crippen LogP contribution in [0, 0.1) is 0 Å². The van der Waals surface area contributed by atoms with Gasteiger partial charge in [0.25, 0.3) is 0 Å². The molecule has 0 aliphatic heterocycles. The van der Waals surface area contributed by atoms with E-state index in [0.29, 0.717) is 19.4 Å². The third-order valence-electron chi connectivity index (χ3n) is 2.16. The molecule has 0 fully saturated rings. The molecule has 0 spiro atoms. The van der Waals surface area contributed by atoms with Gasteiger partial charge in [-0.2, -0.15) is 0 Å². The fraction of sp³-hybridized carbons (Fsp3) is 0.500. The standard InChI is InChI=1S/C10H16N2O2/c1-2-9(13)8-3-5-12(7-8)6-4-10(11)14/h3,5,7,9,13H,2,4,6H2,1H3,(H2,11,14). The summed E-state index contributed by atoms with van der Waals surface area (Å²) >= 11 is 0. The summed E-state index contributed by atoms with van der Waals surface area (Å²) in [5, 5.41) is 9.52. The number of nitrogens with two attached hydrogens (primary N) is 1. The van der Waals surface area contributed by atoms with Crippen LogP contribution in [-0.4, -0.2) is 15.6 Å². The Labute approximate surface area is 83.3 Å². The predicted octanol–water partition coefficient (Wildman–Crippen LogP) is 0.807. The summed E-state index contributed by atoms with van der Waals surface area (Å²) in [5.41, 5.74) is 5.92. The molecular weight excluding hydrogens is 180 g/mol. The second-order valence-electron chi connectivity index (χ2n) is 3.32. The first-order chi connectivity index (χ1) is 6.63. The number of nitrogens with zero attached hydrogens (tertiary/aromatic N) is 1. The number of carbonyl (C=O) groups excluding carboxylic acids is 1. The van der Waals surface area contributed by atoms with Crippen molar-refractivity contribution >= 4 is 5.91 Å². The Bertz CT molecular complexity index is 307. The third-order valence-corrected chi connectivity index (χ3v) is 2.16. The van der Waals surface area contributed by atoms with Crippen molar-refractivity contribution in [3.63, 3.8) is 0 Å². The maximum atomic E-state index is 10.5. The van der Waals surface area contributed by atoms with Crippen LogP contribution >= 0.6 is 0 Å². The van der Waals surface area contributed by atoms with Crippen molar-refractivity contribution in [3.8, 4) is 0 Å². The second kappa shape index (κ2) is 4.81. The maximum Gasteiger partial charge on any atom is 0.219 e. The highest BCUT2D eigenvalue weighted by molar-refractivity contribution is 5.73. The summed E-state index contributed by atoms with van der Waals surface area (Å²) in [6.07, 6.45) is 4.30. The number of aliphatic hydroxyl groups excluding tert-OH is 1. The summed E-state index contributed by atoms with van der Waals surface area (Å²) in [6.45, 7) is 2.50. The Morgan fingerprint density at radius 1 is 1.71 bits per heavy atom. The smallest absolute Gasteiger partial charge is 0.219 e. The lowest BCUT2D eigenvalue weighted by Gasteiger charge is -2.04. The third kappa shape index (κ3) is 2.88. The van der Waals surface area contributed by atoms with Crippen LogP contribution in [0.5, 0.6) is 0 Å². The highest BCUT2D eigenvalue weighted by Crippen LogP contribution is 2.16. The number of primary amides is 1. The fourth-order valence-corrected chi connectivity index (χ4v) is 1.27. The Kier molecular flexibility index (Phi) is 3.71. The monoisotopic (exact) mass is 196 g/mol. The van der Waals surface area contributed by atoms with Crippen molar-refractivity contribution in [1.29, 1.82) is 0 Å². The molecule has 14 heavy (non-hydrogen) atoms. The van der Waals surface area contributed by atoms with E-state index in [4.69, 9.17) is 5.73 Å². The van der Waals surface area contributed by atoms with Gasteiger partial charge in [0.2, 0.25) is 5.91 Å². The first kappa shape index (κ1) is 10.8. The molecule has 1 rings (SSSR count). The molecule has 0 bridgehead atoms. The summed E-state index contributed by atoms with van der Waals surface area (Å²) in [6, 6.07) is 1.86. The van der Waals surface area contributed by atoms with Crippen molar-refractivity contribution in [2.24, 2.45) is 5.73 Å². The quantitative estimate of drug-likeness (QED) is 0.731. The van der Waals surface area contributed by atoms with E-state index in [9.17, 15) is 9.90 Å². The molecule has 1 unspecified atom stereocenters. The lowest BCUT2D eigenvalue weighted by atomic mass is 10.1. The predicted molar refractivity (Wildman–Crippen MR) is 53.5 cm³/mol. The van der Waals surface area contributed by atoms with Gasteiger partial charge in [-0.25, -0.2) is 0 Å². The number of carbonyl (C=O) groups is 1. The van der Waals surface area contributed by atoms with Crippen LogP contribution in [-0.2, 0) is 11.3 Å². The van der Waals surface area contributed by atoms with Crippen molar-refractivity contribution in [3.05, 3.63) is 24.0 Å². The summed E-state index contributed by atoms with van der Waals surface area (Å²) in [5.74, 6) is -0.309. The van der Waals surface area contributed by atoms with E-state index in [1.54, 1.807) is 0 Å². The lowest BCUT2D eigenvalue weighted by molar-refractivity contribution is -0.118. The fourth-order valence-electron chi connectivity index (χ4n) is 1.27. The van der Waals surface area contributed by atoms with Gasteiger partial charge in [0.1, 0.15) is 0 Å².